The molecule has 2 atom stereocenters. The van der Waals surface area contributed by atoms with Gasteiger partial charge in [0.15, 0.2) is 10.9 Å². The topological polar surface area (TPSA) is 35.8 Å². The van der Waals surface area contributed by atoms with Gasteiger partial charge in [-0.05, 0) is 37.0 Å². The molecule has 0 bridgehead atoms. The van der Waals surface area contributed by atoms with Crippen LogP contribution in [0.15, 0.2) is 59.6 Å². The fraction of sp³-hybridized carbons (Fsp3) is 0.350. The lowest BCUT2D eigenvalue weighted by Gasteiger charge is -2.39. The molecular formula is C20H21ClN2OS. The normalized spacial score (nSPS) is 25.6. The van der Waals surface area contributed by atoms with Crippen molar-refractivity contribution >= 4 is 28.5 Å². The fourth-order valence-corrected chi connectivity index (χ4v) is 5.19. The van der Waals surface area contributed by atoms with Gasteiger partial charge in [-0.2, -0.15) is 0 Å². The van der Waals surface area contributed by atoms with Crippen LogP contribution in [0.5, 0.6) is 0 Å². The number of nitrogens with zero attached hydrogens (tertiary/aromatic N) is 2. The first-order chi connectivity index (χ1) is 12.2. The van der Waals surface area contributed by atoms with Crippen molar-refractivity contribution < 1.29 is 5.11 Å². The minimum absolute atomic E-state index is 0.0470. The third-order valence-electron chi connectivity index (χ3n) is 4.93. The molecule has 0 aliphatic carbocycles. The van der Waals surface area contributed by atoms with Crippen LogP contribution >= 0.6 is 23.4 Å². The first kappa shape index (κ1) is 17.0. The van der Waals surface area contributed by atoms with Crippen LogP contribution in [0, 0.1) is 0 Å². The Bertz CT molecular complexity index is 765. The number of benzene rings is 2. The van der Waals surface area contributed by atoms with Crippen LogP contribution in [0.1, 0.15) is 24.0 Å². The van der Waals surface area contributed by atoms with Crippen molar-refractivity contribution in [2.75, 3.05) is 13.1 Å². The molecular weight excluding hydrogens is 352 g/mol. The van der Waals surface area contributed by atoms with Crippen LogP contribution in [-0.2, 0) is 12.1 Å². The Morgan fingerprint density at radius 2 is 1.92 bits per heavy atom. The van der Waals surface area contributed by atoms with Gasteiger partial charge < -0.3 is 10.0 Å². The summed E-state index contributed by atoms with van der Waals surface area (Å²) in [5.74, 6) is 0. The Kier molecular flexibility index (Phi) is 4.76. The van der Waals surface area contributed by atoms with Gasteiger partial charge in [-0.1, -0.05) is 65.8 Å². The molecule has 4 rings (SSSR count). The molecule has 1 fully saturated rings. The van der Waals surface area contributed by atoms with Gasteiger partial charge in [-0.3, -0.25) is 4.99 Å². The van der Waals surface area contributed by atoms with Crippen molar-refractivity contribution in [3.63, 3.8) is 0 Å². The minimum atomic E-state index is -1.02. The van der Waals surface area contributed by atoms with E-state index in [1.165, 1.54) is 5.56 Å². The van der Waals surface area contributed by atoms with E-state index in [0.717, 1.165) is 43.1 Å². The van der Waals surface area contributed by atoms with E-state index in [4.69, 9.17) is 11.6 Å². The van der Waals surface area contributed by atoms with Gasteiger partial charge in [0.05, 0.1) is 5.25 Å². The number of amidine groups is 1. The zero-order valence-corrected chi connectivity index (χ0v) is 15.5. The average molecular weight is 373 g/mol. The molecule has 2 aliphatic rings. The molecule has 130 valence electrons. The SMILES string of the molecule is OC1(c2ccc(Cl)cc2)C(CCc2ccccc2)SC2=NCCCN21. The summed E-state index contributed by atoms with van der Waals surface area (Å²) < 4.78 is 0. The van der Waals surface area contributed by atoms with E-state index in [1.54, 1.807) is 11.8 Å². The maximum Gasteiger partial charge on any atom is 0.178 e. The second-order valence-corrected chi connectivity index (χ2v) is 8.14. The largest absolute Gasteiger partial charge is 0.366 e. The average Bonchev–Trinajstić information content (AvgIpc) is 2.95. The zero-order valence-electron chi connectivity index (χ0n) is 13.9. The number of thioether (sulfide) groups is 1. The number of rotatable bonds is 4. The first-order valence-corrected chi connectivity index (χ1v) is 9.95. The number of halogens is 1. The predicted molar refractivity (Wildman–Crippen MR) is 105 cm³/mol. The Labute approximate surface area is 157 Å². The molecule has 2 aromatic carbocycles. The predicted octanol–water partition coefficient (Wildman–Crippen LogP) is 4.30. The van der Waals surface area contributed by atoms with Crippen molar-refractivity contribution in [3.8, 4) is 0 Å². The van der Waals surface area contributed by atoms with E-state index in [0.29, 0.717) is 5.02 Å². The first-order valence-electron chi connectivity index (χ1n) is 8.69. The molecule has 2 aliphatic heterocycles. The highest BCUT2D eigenvalue weighted by Gasteiger charge is 2.52. The van der Waals surface area contributed by atoms with Crippen LogP contribution in [0.2, 0.25) is 5.02 Å². The van der Waals surface area contributed by atoms with Crippen LogP contribution < -0.4 is 0 Å². The highest BCUT2D eigenvalue weighted by Crippen LogP contribution is 2.48. The van der Waals surface area contributed by atoms with Gasteiger partial charge in [0, 0.05) is 23.7 Å². The van der Waals surface area contributed by atoms with E-state index in [9.17, 15) is 5.11 Å². The van der Waals surface area contributed by atoms with Gasteiger partial charge in [-0.15, -0.1) is 0 Å². The summed E-state index contributed by atoms with van der Waals surface area (Å²) in [5, 5.41) is 13.5. The van der Waals surface area contributed by atoms with Crippen LogP contribution in [-0.4, -0.2) is 33.5 Å². The molecule has 25 heavy (non-hydrogen) atoms. The lowest BCUT2D eigenvalue weighted by atomic mass is 9.93. The Morgan fingerprint density at radius 3 is 2.68 bits per heavy atom. The van der Waals surface area contributed by atoms with Gasteiger partial charge in [0.25, 0.3) is 0 Å². The quantitative estimate of drug-likeness (QED) is 0.869. The fourth-order valence-electron chi connectivity index (χ4n) is 3.62. The Balaban J connectivity index is 1.64. The number of hydrogen-bond donors (Lipinski definition) is 1. The van der Waals surface area contributed by atoms with Crippen molar-refractivity contribution in [2.24, 2.45) is 4.99 Å². The molecule has 2 unspecified atom stereocenters. The monoisotopic (exact) mass is 372 g/mol. The van der Waals surface area contributed by atoms with Crippen molar-refractivity contribution in [2.45, 2.75) is 30.2 Å². The minimum Gasteiger partial charge on any atom is -0.366 e. The second-order valence-electron chi connectivity index (χ2n) is 6.53. The molecule has 1 N–H and O–H groups in total. The highest BCUT2D eigenvalue weighted by molar-refractivity contribution is 8.14. The van der Waals surface area contributed by atoms with Gasteiger partial charge in [0.2, 0.25) is 0 Å². The molecule has 0 spiro atoms. The van der Waals surface area contributed by atoms with Gasteiger partial charge >= 0.3 is 0 Å². The summed E-state index contributed by atoms with van der Waals surface area (Å²) in [5.41, 5.74) is 1.17. The zero-order chi connectivity index (χ0) is 17.3. The number of hydrogen-bond acceptors (Lipinski definition) is 4. The van der Waals surface area contributed by atoms with E-state index < -0.39 is 5.72 Å². The number of aryl methyl sites for hydroxylation is 1. The molecule has 3 nitrogen and oxygen atoms in total. The van der Waals surface area contributed by atoms with E-state index in [2.05, 4.69) is 34.2 Å². The van der Waals surface area contributed by atoms with Crippen molar-refractivity contribution in [1.29, 1.82) is 0 Å². The summed E-state index contributed by atoms with van der Waals surface area (Å²) in [6.07, 6.45) is 2.81. The van der Waals surface area contributed by atoms with Crippen molar-refractivity contribution in [3.05, 3.63) is 70.7 Å². The highest BCUT2D eigenvalue weighted by atomic mass is 35.5. The molecule has 0 amide bonds. The lowest BCUT2D eigenvalue weighted by Crippen LogP contribution is -2.50. The van der Waals surface area contributed by atoms with Crippen molar-refractivity contribution in [1.82, 2.24) is 4.90 Å². The van der Waals surface area contributed by atoms with E-state index in [-0.39, 0.29) is 5.25 Å². The maximum atomic E-state index is 11.8. The number of aliphatic hydroxyl groups is 1. The summed E-state index contributed by atoms with van der Waals surface area (Å²) >= 11 is 7.77. The summed E-state index contributed by atoms with van der Waals surface area (Å²) in [6, 6.07) is 18.0. The maximum absolute atomic E-state index is 11.8. The van der Waals surface area contributed by atoms with Crippen LogP contribution in [0.4, 0.5) is 0 Å². The van der Waals surface area contributed by atoms with E-state index >= 15 is 0 Å². The lowest BCUT2D eigenvalue weighted by molar-refractivity contribution is -0.0735. The third kappa shape index (κ3) is 3.19. The van der Waals surface area contributed by atoms with Crippen LogP contribution in [0.25, 0.3) is 0 Å². The summed E-state index contributed by atoms with van der Waals surface area (Å²) in [4.78, 5) is 6.74. The van der Waals surface area contributed by atoms with E-state index in [1.807, 2.05) is 30.3 Å². The Morgan fingerprint density at radius 1 is 1.16 bits per heavy atom. The molecule has 0 radical (unpaired) electrons. The summed E-state index contributed by atoms with van der Waals surface area (Å²) in [6.45, 7) is 1.69. The molecule has 2 heterocycles. The van der Waals surface area contributed by atoms with Crippen LogP contribution in [0.3, 0.4) is 0 Å². The molecule has 0 aromatic heterocycles. The Hall–Kier alpha value is -1.49. The third-order valence-corrected chi connectivity index (χ3v) is 6.59. The number of fused-ring (bicyclic) bond motifs is 1. The molecule has 0 saturated carbocycles. The number of aliphatic imine (C=N–C) groups is 1. The molecule has 2 aromatic rings. The van der Waals surface area contributed by atoms with Gasteiger partial charge in [0.1, 0.15) is 0 Å². The standard InChI is InChI=1S/C20H21ClN2OS/c21-17-10-8-16(9-11-17)20(24)18(12-7-15-5-2-1-3-6-15)25-19-22-13-4-14-23(19)20/h1-3,5-6,8-11,18,24H,4,7,12-14H2. The molecule has 1 saturated heterocycles. The molecule has 5 heteroatoms. The second kappa shape index (κ2) is 7.02. The summed E-state index contributed by atoms with van der Waals surface area (Å²) in [7, 11) is 0. The van der Waals surface area contributed by atoms with Gasteiger partial charge in [-0.25, -0.2) is 0 Å². The smallest absolute Gasteiger partial charge is 0.178 e.